The van der Waals surface area contributed by atoms with E-state index in [-0.39, 0.29) is 73.7 Å². The summed E-state index contributed by atoms with van der Waals surface area (Å²) in [5.74, 6) is 2.40. The lowest BCUT2D eigenvalue weighted by atomic mass is 9.44. The zero-order chi connectivity index (χ0) is 62.6. The van der Waals surface area contributed by atoms with Gasteiger partial charge in [0.15, 0.2) is 0 Å². The number of allylic oxidation sites excluding steroid dienone is 2. The number of Topliss-reactive ketones (excluding diaryl/α,β-unsaturated/α-hetero) is 1. The second-order valence-electron chi connectivity index (χ2n) is 27.9. The SMILES string of the molecule is C=C[C@]1(C)C[C@@H](OC(=O)CSC2CCC(NC)CCC2O)[C@]2(C)C(C)CCC3(CCC(=O)C32)[C@@H](C)C1O.CNC1CCC(O)C(S)CC1.CNC1CCC(O)C(SC(=O)c2ccccc2)CC1.CNC1CCC=CCC1.CNC1CC[C@@H]2C[C@@H]2CC1. The van der Waals surface area contributed by atoms with Gasteiger partial charge in [-0.1, -0.05) is 88.0 Å². The number of thioether (sulfide) groups is 2. The molecule has 0 heterocycles. The minimum absolute atomic E-state index is 0.0117. The molecular weight excluding hydrogens is 1130 g/mol. The molecule has 0 saturated heterocycles. The van der Waals surface area contributed by atoms with Crippen LogP contribution in [0.5, 0.6) is 0 Å². The number of aliphatic hydroxyl groups is 4. The summed E-state index contributed by atoms with van der Waals surface area (Å²) in [5.41, 5.74) is -0.670. The second-order valence-corrected chi connectivity index (χ2v) is 31.0. The molecule has 13 nitrogen and oxygen atoms in total. The molecule has 8 fully saturated rings. The van der Waals surface area contributed by atoms with Crippen LogP contribution in [0.3, 0.4) is 0 Å². The summed E-state index contributed by atoms with van der Waals surface area (Å²) >= 11 is 7.11. The van der Waals surface area contributed by atoms with Crippen LogP contribution in [0.1, 0.15) is 205 Å². The highest BCUT2D eigenvalue weighted by atomic mass is 32.2. The Labute approximate surface area is 534 Å². The summed E-state index contributed by atoms with van der Waals surface area (Å²) in [6, 6.07) is 12.4. The van der Waals surface area contributed by atoms with Gasteiger partial charge in [0.25, 0.3) is 0 Å². The van der Waals surface area contributed by atoms with E-state index in [9.17, 15) is 34.8 Å². The maximum Gasteiger partial charge on any atom is 0.316 e. The van der Waals surface area contributed by atoms with Gasteiger partial charge in [0.1, 0.15) is 11.9 Å². The second kappa shape index (κ2) is 35.9. The van der Waals surface area contributed by atoms with Gasteiger partial charge >= 0.3 is 5.97 Å². The normalized spacial score (nSPS) is 39.7. The number of hydrogen-bond donors (Lipinski definition) is 10. The Morgan fingerprint density at radius 1 is 0.651 bits per heavy atom. The average Bonchev–Trinajstić information content (AvgIpc) is 1.28. The van der Waals surface area contributed by atoms with Crippen LogP contribution < -0.4 is 26.6 Å². The van der Waals surface area contributed by atoms with Gasteiger partial charge < -0.3 is 51.7 Å². The zero-order valence-corrected chi connectivity index (χ0v) is 57.0. The number of hydrogen-bond acceptors (Lipinski definition) is 16. The Morgan fingerprint density at radius 3 is 1.69 bits per heavy atom. The van der Waals surface area contributed by atoms with Crippen molar-refractivity contribution in [2.45, 2.75) is 271 Å². The van der Waals surface area contributed by atoms with E-state index >= 15 is 0 Å². The summed E-state index contributed by atoms with van der Waals surface area (Å²) in [7, 11) is 10.1. The van der Waals surface area contributed by atoms with Crippen molar-refractivity contribution in [2.24, 2.45) is 45.8 Å². The van der Waals surface area contributed by atoms with Crippen LogP contribution in [0.25, 0.3) is 0 Å². The molecule has 9 N–H and O–H groups in total. The molecule has 0 aromatic heterocycles. The first-order valence-corrected chi connectivity index (χ1v) is 36.3. The first-order chi connectivity index (χ1) is 41.2. The molecule has 0 spiro atoms. The van der Waals surface area contributed by atoms with Gasteiger partial charge in [-0.25, -0.2) is 0 Å². The molecular formula is C70H119N5O8S3. The van der Waals surface area contributed by atoms with Gasteiger partial charge in [-0.15, -0.1) is 18.3 Å². The number of carbonyl (C=O) groups is 3. The van der Waals surface area contributed by atoms with E-state index in [4.69, 9.17) is 4.74 Å². The lowest BCUT2D eigenvalue weighted by Crippen LogP contribution is -2.63. The summed E-state index contributed by atoms with van der Waals surface area (Å²) in [6.45, 7) is 12.6. The van der Waals surface area contributed by atoms with Gasteiger partial charge in [-0.3, -0.25) is 14.4 Å². The van der Waals surface area contributed by atoms with Gasteiger partial charge in [0.2, 0.25) is 5.12 Å². The molecule has 8 saturated carbocycles. The lowest BCUT2D eigenvalue weighted by molar-refractivity contribution is -0.205. The number of carbonyl (C=O) groups excluding carboxylic acids is 3. The third kappa shape index (κ3) is 20.1. The molecule has 0 aliphatic heterocycles. The van der Waals surface area contributed by atoms with Crippen LogP contribution in [0.4, 0.5) is 0 Å². The van der Waals surface area contributed by atoms with Crippen LogP contribution in [0.15, 0.2) is 55.1 Å². The maximum absolute atomic E-state index is 13.5. The highest BCUT2D eigenvalue weighted by Gasteiger charge is 2.68. The molecule has 1 aromatic rings. The summed E-state index contributed by atoms with van der Waals surface area (Å²) in [6.07, 6.45) is 31.8. The smallest absolute Gasteiger partial charge is 0.316 e. The van der Waals surface area contributed by atoms with Crippen LogP contribution in [-0.4, -0.2) is 155 Å². The van der Waals surface area contributed by atoms with Crippen molar-refractivity contribution in [3.8, 4) is 0 Å². The Balaban J connectivity index is 0.000000198. The summed E-state index contributed by atoms with van der Waals surface area (Å²) < 4.78 is 6.36. The number of nitrogens with one attached hydrogen (secondary N) is 5. The van der Waals surface area contributed by atoms with Gasteiger partial charge in [-0.2, -0.15) is 12.6 Å². The minimum Gasteiger partial charge on any atom is -0.461 e. The Morgan fingerprint density at radius 2 is 1.14 bits per heavy atom. The fourth-order valence-corrected chi connectivity index (χ4v) is 18.7. The quantitative estimate of drug-likeness (QED) is 0.0410. The molecule has 86 heavy (non-hydrogen) atoms. The number of benzene rings is 1. The lowest BCUT2D eigenvalue weighted by Gasteiger charge is -2.61. The monoisotopic (exact) mass is 1250 g/mol. The van der Waals surface area contributed by atoms with E-state index in [1.54, 1.807) is 6.42 Å². The van der Waals surface area contributed by atoms with Gasteiger partial charge in [0, 0.05) is 74.7 Å². The molecule has 1 aromatic carbocycles. The molecule has 20 atom stereocenters. The first-order valence-electron chi connectivity index (χ1n) is 33.8. The summed E-state index contributed by atoms with van der Waals surface area (Å²) in [4.78, 5) is 39.1. The van der Waals surface area contributed by atoms with Crippen molar-refractivity contribution in [1.29, 1.82) is 0 Å². The Hall–Kier alpha value is -1.80. The third-order valence-electron chi connectivity index (χ3n) is 22.8. The number of rotatable bonds is 12. The van der Waals surface area contributed by atoms with Crippen molar-refractivity contribution >= 4 is 53.0 Å². The van der Waals surface area contributed by atoms with Crippen molar-refractivity contribution < 1.29 is 39.5 Å². The first kappa shape index (κ1) is 73.3. The van der Waals surface area contributed by atoms with Crippen LogP contribution in [0, 0.1) is 45.8 Å². The Bertz CT molecular complexity index is 2200. The average molecular weight is 1250 g/mol. The molecule has 9 aliphatic rings. The number of fused-ring (bicyclic) bond motifs is 1. The van der Waals surface area contributed by atoms with E-state index in [0.29, 0.717) is 36.5 Å². The maximum atomic E-state index is 13.5. The number of aliphatic hydroxyl groups excluding tert-OH is 4. The molecule has 16 heteroatoms. The molecule has 9 aliphatic carbocycles. The predicted molar refractivity (Wildman–Crippen MR) is 361 cm³/mol. The fourth-order valence-electron chi connectivity index (χ4n) is 16.2. The summed E-state index contributed by atoms with van der Waals surface area (Å²) in [5, 5.41) is 58.7. The minimum atomic E-state index is -0.659. The highest BCUT2D eigenvalue weighted by molar-refractivity contribution is 8.14. The van der Waals surface area contributed by atoms with Crippen molar-refractivity contribution in [3.63, 3.8) is 0 Å². The molecule has 2 bridgehead atoms. The van der Waals surface area contributed by atoms with E-state index in [1.807, 2.05) is 64.5 Å². The Kier molecular flexibility index (Phi) is 30.5. The molecule has 0 radical (unpaired) electrons. The largest absolute Gasteiger partial charge is 0.461 e. The molecule has 0 amide bonds. The third-order valence-corrected chi connectivity index (χ3v) is 26.1. The van der Waals surface area contributed by atoms with Crippen molar-refractivity contribution in [3.05, 3.63) is 60.7 Å². The van der Waals surface area contributed by atoms with Gasteiger partial charge in [0.05, 0.1) is 30.2 Å². The fraction of sp³-hybridized carbons (Fsp3) is 0.814. The van der Waals surface area contributed by atoms with E-state index in [2.05, 4.69) is 92.8 Å². The topological polar surface area (TPSA) is 202 Å². The van der Waals surface area contributed by atoms with E-state index in [0.717, 1.165) is 120 Å². The molecule has 490 valence electrons. The van der Waals surface area contributed by atoms with Crippen molar-refractivity contribution in [1.82, 2.24) is 26.6 Å². The van der Waals surface area contributed by atoms with Crippen LogP contribution in [0.2, 0.25) is 0 Å². The molecule has 10 rings (SSSR count). The van der Waals surface area contributed by atoms with E-state index < -0.39 is 29.1 Å². The standard InChI is InChI=1S/C30H49NO5S.C15H21NO2S.C9H17N.C8H17NOS.C8H15N/c1-7-28(4)16-24(36-25(34)17-37-23-11-9-20(31-6)8-10-21(23)32)29(5)18(2)12-14-30(19(3)27(28)35)15-13-22(33)26(29)30;1-16-12-7-9-13(17)14(10-8-12)19-15(18)11-5-3-2-4-6-11;1-10-9-4-2-7-6-8(7)3-5-9;1-9-6-2-4-7(10)8(11)5-3-6;1-9-8-6-4-2-3-5-7-8/h7,18-21,23-24,26-27,31-32,35H,1,8-17H2,2-6H3;2-6,12-14,16-17H,7-10H2,1H3;7-10H,2-6H2,1H3;6-11H,2-5H2,1H3;2-3,8-9H,4-7H2,1H3/t18?,19-,20?,21?,23?,24+,26?,27?,28+,29-,30?;;7-,8+,9?;;/m0..../s1. The van der Waals surface area contributed by atoms with Crippen LogP contribution >= 0.6 is 36.2 Å². The van der Waals surface area contributed by atoms with Crippen LogP contribution in [-0.2, 0) is 14.3 Å². The number of esters is 1. The predicted octanol–water partition coefficient (Wildman–Crippen LogP) is 11.3. The molecule has 14 unspecified atom stereocenters. The van der Waals surface area contributed by atoms with Crippen molar-refractivity contribution in [2.75, 3.05) is 41.0 Å². The number of ether oxygens (including phenoxy) is 1. The highest BCUT2D eigenvalue weighted by Crippen LogP contribution is 2.68. The zero-order valence-electron chi connectivity index (χ0n) is 54.5. The number of ketones is 1. The van der Waals surface area contributed by atoms with E-state index in [1.165, 1.54) is 74.9 Å². The van der Waals surface area contributed by atoms with Gasteiger partial charge in [-0.05, 0) is 225 Å². The number of thiol groups is 1.